The predicted octanol–water partition coefficient (Wildman–Crippen LogP) is 2.67. The van der Waals surface area contributed by atoms with E-state index in [1.165, 1.54) is 19.3 Å². The third-order valence-corrected chi connectivity index (χ3v) is 4.13. The van der Waals surface area contributed by atoms with Crippen LogP contribution in [0.15, 0.2) is 24.3 Å². The molecule has 1 aromatic carbocycles. The van der Waals surface area contributed by atoms with Crippen molar-refractivity contribution < 1.29 is 4.79 Å². The normalized spacial score (nSPS) is 21.7. The summed E-state index contributed by atoms with van der Waals surface area (Å²) in [5, 5.41) is 3.17. The molecule has 4 nitrogen and oxygen atoms in total. The molecule has 4 heteroatoms. The minimum atomic E-state index is 0.00328. The molecule has 0 bridgehead atoms. The lowest BCUT2D eigenvalue weighted by atomic mass is 9.73. The summed E-state index contributed by atoms with van der Waals surface area (Å²) in [6.07, 6.45) is 4.70. The van der Waals surface area contributed by atoms with Crippen LogP contribution in [0.1, 0.15) is 49.9 Å². The second-order valence-corrected chi connectivity index (χ2v) is 5.98. The van der Waals surface area contributed by atoms with Gasteiger partial charge in [0.25, 0.3) is 5.91 Å². The first-order valence-electron chi connectivity index (χ1n) is 6.90. The van der Waals surface area contributed by atoms with E-state index in [1.54, 1.807) is 24.3 Å². The van der Waals surface area contributed by atoms with Crippen molar-refractivity contribution in [1.29, 1.82) is 0 Å². The van der Waals surface area contributed by atoms with Gasteiger partial charge in [0, 0.05) is 17.3 Å². The molecular formula is C15H23N3O. The Bertz CT molecular complexity index is 439. The smallest absolute Gasteiger partial charge is 0.251 e. The largest absolute Gasteiger partial charge is 0.349 e. The molecule has 1 atom stereocenters. The molecule has 1 fully saturated rings. The fourth-order valence-corrected chi connectivity index (χ4v) is 2.72. The van der Waals surface area contributed by atoms with Crippen LogP contribution in [0, 0.1) is 5.41 Å². The van der Waals surface area contributed by atoms with Crippen molar-refractivity contribution in [2.24, 2.45) is 11.3 Å². The van der Waals surface area contributed by atoms with E-state index >= 15 is 0 Å². The maximum atomic E-state index is 12.2. The van der Waals surface area contributed by atoms with Crippen LogP contribution in [0.4, 0.5) is 5.69 Å². The van der Waals surface area contributed by atoms with Gasteiger partial charge in [0.2, 0.25) is 0 Å². The zero-order valence-electron chi connectivity index (χ0n) is 11.7. The summed E-state index contributed by atoms with van der Waals surface area (Å²) in [5.74, 6) is 5.31. The monoisotopic (exact) mass is 261 g/mol. The van der Waals surface area contributed by atoms with E-state index < -0.39 is 0 Å². The SMILES string of the molecule is CC1(C)CCCCC1NC(=O)c1ccc(NN)cc1. The highest BCUT2D eigenvalue weighted by Crippen LogP contribution is 2.35. The molecule has 0 aliphatic heterocycles. The number of nitrogens with two attached hydrogens (primary N) is 1. The number of hydrogen-bond donors (Lipinski definition) is 3. The van der Waals surface area contributed by atoms with Crippen molar-refractivity contribution >= 4 is 11.6 Å². The van der Waals surface area contributed by atoms with E-state index in [-0.39, 0.29) is 17.4 Å². The van der Waals surface area contributed by atoms with Gasteiger partial charge in [-0.1, -0.05) is 26.7 Å². The lowest BCUT2D eigenvalue weighted by molar-refractivity contribution is 0.0853. The number of hydrazine groups is 1. The zero-order valence-corrected chi connectivity index (χ0v) is 11.7. The van der Waals surface area contributed by atoms with E-state index in [0.29, 0.717) is 5.56 Å². The number of carbonyl (C=O) groups excluding carboxylic acids is 1. The van der Waals surface area contributed by atoms with E-state index in [4.69, 9.17) is 5.84 Å². The first kappa shape index (κ1) is 13.9. The van der Waals surface area contributed by atoms with E-state index in [0.717, 1.165) is 12.1 Å². The molecule has 104 valence electrons. The summed E-state index contributed by atoms with van der Waals surface area (Å²) in [6, 6.07) is 7.46. The Kier molecular flexibility index (Phi) is 4.10. The molecule has 0 radical (unpaired) electrons. The lowest BCUT2D eigenvalue weighted by Crippen LogP contribution is -2.46. The van der Waals surface area contributed by atoms with E-state index in [2.05, 4.69) is 24.6 Å². The maximum Gasteiger partial charge on any atom is 0.251 e. The second-order valence-electron chi connectivity index (χ2n) is 5.98. The number of hydrogen-bond acceptors (Lipinski definition) is 3. The van der Waals surface area contributed by atoms with Crippen molar-refractivity contribution in [1.82, 2.24) is 5.32 Å². The molecule has 0 spiro atoms. The highest BCUT2D eigenvalue weighted by atomic mass is 16.1. The molecule has 1 unspecified atom stereocenters. The maximum absolute atomic E-state index is 12.2. The van der Waals surface area contributed by atoms with Gasteiger partial charge in [-0.15, -0.1) is 0 Å². The Morgan fingerprint density at radius 3 is 2.53 bits per heavy atom. The van der Waals surface area contributed by atoms with Gasteiger partial charge in [-0.25, -0.2) is 0 Å². The van der Waals surface area contributed by atoms with Crippen molar-refractivity contribution in [3.8, 4) is 0 Å². The number of carbonyl (C=O) groups is 1. The van der Waals surface area contributed by atoms with Crippen molar-refractivity contribution in [2.45, 2.75) is 45.6 Å². The van der Waals surface area contributed by atoms with Gasteiger partial charge in [0.15, 0.2) is 0 Å². The van der Waals surface area contributed by atoms with Crippen molar-refractivity contribution in [3.05, 3.63) is 29.8 Å². The summed E-state index contributed by atoms with van der Waals surface area (Å²) in [7, 11) is 0. The van der Waals surface area contributed by atoms with Crippen molar-refractivity contribution in [3.63, 3.8) is 0 Å². The Labute approximate surface area is 114 Å². The molecule has 4 N–H and O–H groups in total. The Hall–Kier alpha value is -1.55. The fourth-order valence-electron chi connectivity index (χ4n) is 2.72. The fraction of sp³-hybridized carbons (Fsp3) is 0.533. The predicted molar refractivity (Wildman–Crippen MR) is 77.8 cm³/mol. The van der Waals surface area contributed by atoms with Crippen LogP contribution in [0.5, 0.6) is 0 Å². The first-order chi connectivity index (χ1) is 9.03. The quantitative estimate of drug-likeness (QED) is 0.579. The lowest BCUT2D eigenvalue weighted by Gasteiger charge is -2.39. The van der Waals surface area contributed by atoms with Crippen LogP contribution in [0.3, 0.4) is 0 Å². The second kappa shape index (κ2) is 5.61. The molecular weight excluding hydrogens is 238 g/mol. The molecule has 1 aliphatic carbocycles. The Morgan fingerprint density at radius 1 is 1.26 bits per heavy atom. The topological polar surface area (TPSA) is 67.2 Å². The minimum Gasteiger partial charge on any atom is -0.349 e. The van der Waals surface area contributed by atoms with Crippen LogP contribution in [-0.4, -0.2) is 11.9 Å². The highest BCUT2D eigenvalue weighted by Gasteiger charge is 2.33. The summed E-state index contributed by atoms with van der Waals surface area (Å²) in [6.45, 7) is 4.47. The van der Waals surface area contributed by atoms with Crippen LogP contribution in [-0.2, 0) is 0 Å². The van der Waals surface area contributed by atoms with Gasteiger partial charge in [0.05, 0.1) is 0 Å². The van der Waals surface area contributed by atoms with Crippen LogP contribution >= 0.6 is 0 Å². The average molecular weight is 261 g/mol. The van der Waals surface area contributed by atoms with Crippen molar-refractivity contribution in [2.75, 3.05) is 5.43 Å². The number of anilines is 1. The minimum absolute atomic E-state index is 0.00328. The average Bonchev–Trinajstić information content (AvgIpc) is 2.41. The van der Waals surface area contributed by atoms with Gasteiger partial charge in [-0.05, 0) is 42.5 Å². The van der Waals surface area contributed by atoms with Crippen LogP contribution in [0.2, 0.25) is 0 Å². The molecule has 0 aromatic heterocycles. The standard InChI is InChI=1S/C15H23N3O/c1-15(2)10-4-3-5-13(15)17-14(19)11-6-8-12(18-16)9-7-11/h6-9,13,18H,3-5,10,16H2,1-2H3,(H,17,19). The van der Waals surface area contributed by atoms with Gasteiger partial charge in [-0.3, -0.25) is 10.6 Å². The third kappa shape index (κ3) is 3.26. The number of benzene rings is 1. The van der Waals surface area contributed by atoms with E-state index in [9.17, 15) is 4.79 Å². The third-order valence-electron chi connectivity index (χ3n) is 4.13. The molecule has 1 aromatic rings. The molecule has 0 saturated heterocycles. The number of rotatable bonds is 3. The molecule has 2 rings (SSSR count). The number of amides is 1. The summed E-state index contributed by atoms with van der Waals surface area (Å²) >= 11 is 0. The number of nitrogen functional groups attached to an aromatic ring is 1. The zero-order chi connectivity index (χ0) is 13.9. The number of nitrogens with one attached hydrogen (secondary N) is 2. The molecule has 19 heavy (non-hydrogen) atoms. The van der Waals surface area contributed by atoms with Crippen LogP contribution < -0.4 is 16.6 Å². The molecule has 1 aliphatic rings. The Balaban J connectivity index is 2.03. The van der Waals surface area contributed by atoms with E-state index in [1.807, 2.05) is 0 Å². The van der Waals surface area contributed by atoms with Gasteiger partial charge in [0.1, 0.15) is 0 Å². The highest BCUT2D eigenvalue weighted by molar-refractivity contribution is 5.94. The Morgan fingerprint density at radius 2 is 1.95 bits per heavy atom. The summed E-state index contributed by atoms with van der Waals surface area (Å²) < 4.78 is 0. The molecule has 1 saturated carbocycles. The first-order valence-corrected chi connectivity index (χ1v) is 6.90. The van der Waals surface area contributed by atoms with Gasteiger partial charge in [-0.2, -0.15) is 0 Å². The van der Waals surface area contributed by atoms with Gasteiger partial charge >= 0.3 is 0 Å². The molecule has 0 heterocycles. The summed E-state index contributed by atoms with van der Waals surface area (Å²) in [4.78, 5) is 12.2. The van der Waals surface area contributed by atoms with Crippen LogP contribution in [0.25, 0.3) is 0 Å². The van der Waals surface area contributed by atoms with Gasteiger partial charge < -0.3 is 10.7 Å². The molecule has 1 amide bonds. The summed E-state index contributed by atoms with van der Waals surface area (Å²) in [5.41, 5.74) is 4.22.